The van der Waals surface area contributed by atoms with Gasteiger partial charge in [0.1, 0.15) is 5.82 Å². The van der Waals surface area contributed by atoms with Crippen LogP contribution in [0.3, 0.4) is 0 Å². The fourth-order valence-corrected chi connectivity index (χ4v) is 3.99. The molecule has 0 radical (unpaired) electrons. The molecule has 6 heteroatoms. The van der Waals surface area contributed by atoms with Crippen LogP contribution in [-0.2, 0) is 16.0 Å². The second kappa shape index (κ2) is 6.95. The number of carbonyl (C=O) groups excluding carboxylic acids is 1. The third kappa shape index (κ3) is 3.23. The third-order valence-corrected chi connectivity index (χ3v) is 5.25. The van der Waals surface area contributed by atoms with Gasteiger partial charge in [-0.2, -0.15) is 5.10 Å². The molecule has 0 bridgehead atoms. The number of hydrogen-bond donors (Lipinski definition) is 1. The Labute approximate surface area is 156 Å². The Kier molecular flexibility index (Phi) is 4.48. The first-order chi connectivity index (χ1) is 13.0. The van der Waals surface area contributed by atoms with Crippen LogP contribution < -0.4 is 0 Å². The Hall–Kier alpha value is -3.02. The van der Waals surface area contributed by atoms with E-state index >= 15 is 0 Å². The standard InChI is InChI=1S/C21H19FN2O3/c22-15-8-5-14(6-9-15)21-17-10-7-13-3-1-2-4-16(13)20(17)23-24(21)18(25)11-12-19(26)27/h1-6,8-9,17,21H,7,10-12H2,(H,26,27). The molecule has 0 aromatic heterocycles. The summed E-state index contributed by atoms with van der Waals surface area (Å²) in [6, 6.07) is 13.8. The Morgan fingerprint density at radius 2 is 1.85 bits per heavy atom. The lowest BCUT2D eigenvalue weighted by atomic mass is 9.77. The van der Waals surface area contributed by atoms with Crippen molar-refractivity contribution in [1.82, 2.24) is 5.01 Å². The number of amides is 1. The lowest BCUT2D eigenvalue weighted by Crippen LogP contribution is -2.32. The van der Waals surface area contributed by atoms with Crippen LogP contribution >= 0.6 is 0 Å². The third-order valence-electron chi connectivity index (χ3n) is 5.25. The topological polar surface area (TPSA) is 70.0 Å². The molecule has 2 aromatic rings. The number of carboxylic acid groups (broad SMARTS) is 1. The number of hydrogen-bond acceptors (Lipinski definition) is 3. The van der Waals surface area contributed by atoms with Gasteiger partial charge in [0.25, 0.3) is 0 Å². The molecule has 1 aliphatic carbocycles. The molecule has 0 fully saturated rings. The number of nitrogens with zero attached hydrogens (tertiary/aromatic N) is 2. The van der Waals surface area contributed by atoms with E-state index in [4.69, 9.17) is 5.11 Å². The molecule has 1 heterocycles. The number of hydrazone groups is 1. The van der Waals surface area contributed by atoms with Gasteiger partial charge < -0.3 is 5.11 Å². The van der Waals surface area contributed by atoms with Crippen LogP contribution in [0, 0.1) is 11.7 Å². The minimum absolute atomic E-state index is 0.0131. The molecule has 5 nitrogen and oxygen atoms in total. The zero-order valence-corrected chi connectivity index (χ0v) is 14.6. The van der Waals surface area contributed by atoms with Crippen molar-refractivity contribution in [3.8, 4) is 0 Å². The van der Waals surface area contributed by atoms with Crippen molar-refractivity contribution in [3.05, 3.63) is 71.0 Å². The summed E-state index contributed by atoms with van der Waals surface area (Å²) in [6.07, 6.45) is 1.37. The van der Waals surface area contributed by atoms with Gasteiger partial charge in [-0.1, -0.05) is 36.4 Å². The predicted molar refractivity (Wildman–Crippen MR) is 97.6 cm³/mol. The van der Waals surface area contributed by atoms with Crippen molar-refractivity contribution in [2.75, 3.05) is 0 Å². The van der Waals surface area contributed by atoms with Crippen LogP contribution in [0.15, 0.2) is 53.6 Å². The lowest BCUT2D eigenvalue weighted by molar-refractivity contribution is -0.141. The summed E-state index contributed by atoms with van der Waals surface area (Å²) >= 11 is 0. The van der Waals surface area contributed by atoms with Crippen molar-refractivity contribution in [3.63, 3.8) is 0 Å². The monoisotopic (exact) mass is 366 g/mol. The highest BCUT2D eigenvalue weighted by Crippen LogP contribution is 2.43. The fraction of sp³-hybridized carbons (Fsp3) is 0.286. The molecule has 2 aromatic carbocycles. The number of rotatable bonds is 4. The summed E-state index contributed by atoms with van der Waals surface area (Å²) < 4.78 is 13.4. The van der Waals surface area contributed by atoms with Crippen LogP contribution in [-0.4, -0.2) is 27.7 Å². The SMILES string of the molecule is O=C(O)CCC(=O)N1N=C2c3ccccc3CCC2C1c1ccc(F)cc1. The van der Waals surface area contributed by atoms with Gasteiger partial charge in [-0.15, -0.1) is 0 Å². The number of carboxylic acids is 1. The van der Waals surface area contributed by atoms with E-state index in [0.717, 1.165) is 29.7 Å². The first-order valence-electron chi connectivity index (χ1n) is 9.00. The molecule has 2 atom stereocenters. The molecule has 27 heavy (non-hydrogen) atoms. The van der Waals surface area contributed by atoms with Gasteiger partial charge in [0.05, 0.1) is 18.2 Å². The molecule has 0 spiro atoms. The molecule has 0 saturated carbocycles. The molecule has 1 aliphatic heterocycles. The smallest absolute Gasteiger partial charge is 0.303 e. The van der Waals surface area contributed by atoms with Crippen LogP contribution in [0.1, 0.15) is 42.0 Å². The Morgan fingerprint density at radius 3 is 2.59 bits per heavy atom. The first kappa shape index (κ1) is 17.4. The molecule has 4 rings (SSSR count). The number of halogens is 1. The lowest BCUT2D eigenvalue weighted by Gasteiger charge is -2.29. The zero-order chi connectivity index (χ0) is 19.0. The average molecular weight is 366 g/mol. The maximum atomic E-state index is 13.4. The Bertz CT molecular complexity index is 923. The molecule has 2 unspecified atom stereocenters. The Morgan fingerprint density at radius 1 is 1.11 bits per heavy atom. The number of aryl methyl sites for hydroxylation is 1. The number of fused-ring (bicyclic) bond motifs is 3. The van der Waals surface area contributed by atoms with Gasteiger partial charge in [0.15, 0.2) is 0 Å². The van der Waals surface area contributed by atoms with Crippen molar-refractivity contribution in [1.29, 1.82) is 0 Å². The van der Waals surface area contributed by atoms with Crippen molar-refractivity contribution in [2.24, 2.45) is 11.0 Å². The van der Waals surface area contributed by atoms with E-state index in [2.05, 4.69) is 11.2 Å². The average Bonchev–Trinajstić information content (AvgIpc) is 3.07. The zero-order valence-electron chi connectivity index (χ0n) is 14.6. The van der Waals surface area contributed by atoms with Gasteiger partial charge in [0.2, 0.25) is 5.91 Å². The normalized spacial score (nSPS) is 20.6. The van der Waals surface area contributed by atoms with Gasteiger partial charge in [-0.05, 0) is 36.1 Å². The molecule has 1 N–H and O–H groups in total. The van der Waals surface area contributed by atoms with Crippen LogP contribution in [0.25, 0.3) is 0 Å². The first-order valence-corrected chi connectivity index (χ1v) is 9.00. The molecular weight excluding hydrogens is 347 g/mol. The van der Waals surface area contributed by atoms with E-state index in [-0.39, 0.29) is 36.5 Å². The van der Waals surface area contributed by atoms with Crippen LogP contribution in [0.4, 0.5) is 4.39 Å². The van der Waals surface area contributed by atoms with Crippen LogP contribution in [0.5, 0.6) is 0 Å². The summed E-state index contributed by atoms with van der Waals surface area (Å²) in [6.45, 7) is 0. The van der Waals surface area contributed by atoms with E-state index in [1.54, 1.807) is 12.1 Å². The van der Waals surface area contributed by atoms with E-state index in [1.165, 1.54) is 22.7 Å². The van der Waals surface area contributed by atoms with Gasteiger partial charge >= 0.3 is 5.97 Å². The quantitative estimate of drug-likeness (QED) is 0.900. The highest BCUT2D eigenvalue weighted by atomic mass is 19.1. The van der Waals surface area contributed by atoms with Crippen molar-refractivity contribution >= 4 is 17.6 Å². The van der Waals surface area contributed by atoms with E-state index < -0.39 is 5.97 Å². The number of benzene rings is 2. The molecule has 1 amide bonds. The summed E-state index contributed by atoms with van der Waals surface area (Å²) in [7, 11) is 0. The molecular formula is C21H19FN2O3. The van der Waals surface area contributed by atoms with E-state index in [1.807, 2.05) is 18.2 Å². The van der Waals surface area contributed by atoms with Crippen LogP contribution in [0.2, 0.25) is 0 Å². The van der Waals surface area contributed by atoms with E-state index in [9.17, 15) is 14.0 Å². The second-order valence-corrected chi connectivity index (χ2v) is 6.92. The number of carbonyl (C=O) groups is 2. The van der Waals surface area contributed by atoms with Crippen molar-refractivity contribution in [2.45, 2.75) is 31.7 Å². The van der Waals surface area contributed by atoms with Crippen molar-refractivity contribution < 1.29 is 19.1 Å². The van der Waals surface area contributed by atoms with Gasteiger partial charge in [0, 0.05) is 17.9 Å². The summed E-state index contributed by atoms with van der Waals surface area (Å²) in [5.74, 6) is -1.67. The van der Waals surface area contributed by atoms with Gasteiger partial charge in [-0.3, -0.25) is 9.59 Å². The molecule has 2 aliphatic rings. The highest BCUT2D eigenvalue weighted by molar-refractivity contribution is 6.06. The summed E-state index contributed by atoms with van der Waals surface area (Å²) in [4.78, 5) is 23.6. The fourth-order valence-electron chi connectivity index (χ4n) is 3.99. The Balaban J connectivity index is 1.73. The summed E-state index contributed by atoms with van der Waals surface area (Å²) in [5.41, 5.74) is 3.90. The summed E-state index contributed by atoms with van der Waals surface area (Å²) in [5, 5.41) is 14.9. The number of aliphatic carboxylic acids is 1. The minimum Gasteiger partial charge on any atom is -0.481 e. The van der Waals surface area contributed by atoms with E-state index in [0.29, 0.717) is 0 Å². The maximum Gasteiger partial charge on any atom is 0.303 e. The maximum absolute atomic E-state index is 13.4. The molecule has 0 saturated heterocycles. The second-order valence-electron chi connectivity index (χ2n) is 6.92. The highest BCUT2D eigenvalue weighted by Gasteiger charge is 2.43. The largest absolute Gasteiger partial charge is 0.481 e. The molecule has 138 valence electrons. The predicted octanol–water partition coefficient (Wildman–Crippen LogP) is 3.54. The minimum atomic E-state index is -1.02. The van der Waals surface area contributed by atoms with Gasteiger partial charge in [-0.25, -0.2) is 9.40 Å².